The molecular weight excluding hydrogens is 1060 g/mol. The summed E-state index contributed by atoms with van der Waals surface area (Å²) in [7, 11) is 0. The molecule has 0 aliphatic heterocycles. The molecule has 482 valence electrons. The molecule has 0 aromatic heterocycles. The molecule has 0 aliphatic rings. The predicted octanol–water partition coefficient (Wildman–Crippen LogP) is 2.83. The molecule has 17 N–H and O–H groups in total. The van der Waals surface area contributed by atoms with E-state index in [0.29, 0.717) is 71.1 Å². The van der Waals surface area contributed by atoms with Crippen molar-refractivity contribution in [1.29, 1.82) is 0 Å². The molecule has 0 saturated carbocycles. The number of hydrogen-bond donors (Lipinski definition) is 14. The Hall–Kier alpha value is -4.97. The summed E-state index contributed by atoms with van der Waals surface area (Å²) in [5.41, 5.74) is 11.4. The fraction of sp³-hybridized carbons (Fsp3) is 0.850. The first-order valence-corrected chi connectivity index (χ1v) is 31.0. The van der Waals surface area contributed by atoms with Gasteiger partial charge in [0.2, 0.25) is 53.2 Å². The number of nitrogens with one attached hydrogen (secondary N) is 10. The molecule has 0 aromatic carbocycles. The maximum atomic E-state index is 14.2. The van der Waals surface area contributed by atoms with Crippen molar-refractivity contribution in [2.75, 3.05) is 32.8 Å². The van der Waals surface area contributed by atoms with E-state index in [1.165, 1.54) is 54.4 Å². The first-order chi connectivity index (χ1) is 38.7. The molecule has 0 aromatic rings. The molecule has 0 heterocycles. The van der Waals surface area contributed by atoms with Gasteiger partial charge < -0.3 is 75.5 Å². The van der Waals surface area contributed by atoms with Gasteiger partial charge >= 0.3 is 0 Å². The SMILES string of the molecule is CCCCCCCCNC(C)(C)C(=O)N[C@@H](CCCCN)C(=O)N[C@@H](CC(C)C)C(=O)NC(C)(C)C(=O)N[C@@H](CCCCN)C(=O)NC(C)(C)C(=O)N[C@@H](CC(C)C)C(=O)NC(C)(C)C(=O)N[C@@H](CCCCN)C(=O)N[C@H](CO)C(C)CC. The number of rotatable bonds is 45. The van der Waals surface area contributed by atoms with Crippen LogP contribution in [0.2, 0.25) is 0 Å². The van der Waals surface area contributed by atoms with Crippen molar-refractivity contribution in [3.63, 3.8) is 0 Å². The lowest BCUT2D eigenvalue weighted by Crippen LogP contribution is -2.65. The molecule has 9 amide bonds. The Bertz CT molecular complexity index is 2000. The number of carbonyl (C=O) groups excluding carboxylic acids is 9. The van der Waals surface area contributed by atoms with Crippen LogP contribution in [0, 0.1) is 17.8 Å². The minimum absolute atomic E-state index is 0.0343. The zero-order valence-electron chi connectivity index (χ0n) is 53.8. The average Bonchev–Trinajstić information content (AvgIpc) is 3.53. The highest BCUT2D eigenvalue weighted by atomic mass is 16.3. The molecule has 0 spiro atoms. The lowest BCUT2D eigenvalue weighted by atomic mass is 9.96. The largest absolute Gasteiger partial charge is 0.394 e. The number of aliphatic hydroxyl groups is 1. The topological polar surface area (TPSA) is 372 Å². The first-order valence-electron chi connectivity index (χ1n) is 31.0. The molecule has 1 unspecified atom stereocenters. The molecule has 0 radical (unpaired) electrons. The van der Waals surface area contributed by atoms with Crippen LogP contribution in [0.5, 0.6) is 0 Å². The smallest absolute Gasteiger partial charge is 0.245 e. The lowest BCUT2D eigenvalue weighted by Gasteiger charge is -2.34. The Balaban J connectivity index is 6.40. The molecule has 0 rings (SSSR count). The molecule has 23 nitrogen and oxygen atoms in total. The summed E-state index contributed by atoms with van der Waals surface area (Å²) < 4.78 is 0. The molecule has 0 fully saturated rings. The van der Waals surface area contributed by atoms with Gasteiger partial charge in [0.25, 0.3) is 0 Å². The quantitative estimate of drug-likeness (QED) is 0.0390. The monoisotopic (exact) mass is 1180 g/mol. The molecule has 83 heavy (non-hydrogen) atoms. The minimum Gasteiger partial charge on any atom is -0.394 e. The highest BCUT2D eigenvalue weighted by Gasteiger charge is 2.41. The maximum Gasteiger partial charge on any atom is 0.245 e. The second-order valence-corrected chi connectivity index (χ2v) is 25.6. The van der Waals surface area contributed by atoms with Gasteiger partial charge in [-0.25, -0.2) is 0 Å². The third kappa shape index (κ3) is 30.6. The Morgan fingerprint density at radius 2 is 0.723 bits per heavy atom. The van der Waals surface area contributed by atoms with Gasteiger partial charge in [0.15, 0.2) is 0 Å². The summed E-state index contributed by atoms with van der Waals surface area (Å²) in [4.78, 5) is 126. The highest BCUT2D eigenvalue weighted by Crippen LogP contribution is 2.17. The molecule has 0 bridgehead atoms. The highest BCUT2D eigenvalue weighted by molar-refractivity contribution is 6.00. The average molecular weight is 1180 g/mol. The fourth-order valence-electron chi connectivity index (χ4n) is 9.00. The van der Waals surface area contributed by atoms with E-state index in [1.807, 2.05) is 41.5 Å². The summed E-state index contributed by atoms with van der Waals surface area (Å²) in [5.74, 6) is -5.88. The predicted molar refractivity (Wildman–Crippen MR) is 328 cm³/mol. The number of nitrogens with two attached hydrogens (primary N) is 3. The lowest BCUT2D eigenvalue weighted by molar-refractivity contribution is -0.139. The van der Waals surface area contributed by atoms with E-state index >= 15 is 0 Å². The van der Waals surface area contributed by atoms with Crippen LogP contribution >= 0.6 is 0 Å². The van der Waals surface area contributed by atoms with Gasteiger partial charge in [-0.05, 0) is 176 Å². The normalized spacial score (nSPS) is 14.7. The Labute approximate surface area is 498 Å². The van der Waals surface area contributed by atoms with Crippen LogP contribution in [0.3, 0.4) is 0 Å². The van der Waals surface area contributed by atoms with Crippen molar-refractivity contribution in [2.45, 2.75) is 278 Å². The summed E-state index contributed by atoms with van der Waals surface area (Å²) in [6.45, 7) is 27.2. The van der Waals surface area contributed by atoms with Gasteiger partial charge in [-0.1, -0.05) is 87.0 Å². The third-order valence-electron chi connectivity index (χ3n) is 14.9. The minimum atomic E-state index is -1.67. The van der Waals surface area contributed by atoms with Crippen molar-refractivity contribution in [1.82, 2.24) is 53.2 Å². The van der Waals surface area contributed by atoms with Crippen molar-refractivity contribution < 1.29 is 48.3 Å². The van der Waals surface area contributed by atoms with Crippen LogP contribution in [-0.4, -0.2) is 149 Å². The number of carbonyl (C=O) groups is 9. The van der Waals surface area contributed by atoms with Crippen LogP contribution in [0.4, 0.5) is 0 Å². The van der Waals surface area contributed by atoms with Crippen LogP contribution in [-0.2, 0) is 43.2 Å². The summed E-state index contributed by atoms with van der Waals surface area (Å²) in [6, 6.07) is -6.02. The van der Waals surface area contributed by atoms with E-state index in [1.54, 1.807) is 13.8 Å². The van der Waals surface area contributed by atoms with E-state index in [-0.39, 0.29) is 62.4 Å². The van der Waals surface area contributed by atoms with E-state index < -0.39 is 106 Å². The summed E-state index contributed by atoms with van der Waals surface area (Å²) >= 11 is 0. The molecule has 0 aliphatic carbocycles. The van der Waals surface area contributed by atoms with Gasteiger partial charge in [-0.15, -0.1) is 0 Å². The Kier molecular flexibility index (Phi) is 37.2. The second kappa shape index (κ2) is 39.6. The van der Waals surface area contributed by atoms with E-state index in [0.717, 1.165) is 25.7 Å². The number of unbranched alkanes of at least 4 members (excludes halogenated alkanes) is 8. The Morgan fingerprint density at radius 3 is 1.08 bits per heavy atom. The van der Waals surface area contributed by atoms with Crippen molar-refractivity contribution in [3.8, 4) is 0 Å². The third-order valence-corrected chi connectivity index (χ3v) is 14.9. The van der Waals surface area contributed by atoms with E-state index in [4.69, 9.17) is 17.2 Å². The van der Waals surface area contributed by atoms with Crippen molar-refractivity contribution in [2.24, 2.45) is 35.0 Å². The zero-order valence-corrected chi connectivity index (χ0v) is 53.8. The van der Waals surface area contributed by atoms with Gasteiger partial charge in [-0.3, -0.25) is 43.2 Å². The number of hydrogen-bond acceptors (Lipinski definition) is 14. The van der Waals surface area contributed by atoms with Gasteiger partial charge in [-0.2, -0.15) is 0 Å². The first kappa shape index (κ1) is 78.0. The van der Waals surface area contributed by atoms with Crippen LogP contribution < -0.4 is 70.4 Å². The zero-order chi connectivity index (χ0) is 63.7. The molecule has 0 saturated heterocycles. The summed E-state index contributed by atoms with van der Waals surface area (Å²) in [6.07, 6.45) is 11.5. The summed E-state index contributed by atoms with van der Waals surface area (Å²) in [5, 5.41) is 38.4. The van der Waals surface area contributed by atoms with Crippen molar-refractivity contribution >= 4 is 53.2 Å². The number of amides is 9. The van der Waals surface area contributed by atoms with Crippen LogP contribution in [0.25, 0.3) is 0 Å². The second-order valence-electron chi connectivity index (χ2n) is 25.6. The molecule has 7 atom stereocenters. The van der Waals surface area contributed by atoms with E-state index in [9.17, 15) is 48.3 Å². The van der Waals surface area contributed by atoms with E-state index in [2.05, 4.69) is 60.1 Å². The maximum absolute atomic E-state index is 14.2. The van der Waals surface area contributed by atoms with Gasteiger partial charge in [0.05, 0.1) is 18.2 Å². The van der Waals surface area contributed by atoms with Crippen molar-refractivity contribution in [3.05, 3.63) is 0 Å². The molecule has 23 heteroatoms. The van der Waals surface area contributed by atoms with Gasteiger partial charge in [0, 0.05) is 0 Å². The fourth-order valence-corrected chi connectivity index (χ4v) is 9.00. The van der Waals surface area contributed by atoms with Crippen LogP contribution in [0.1, 0.15) is 219 Å². The number of aliphatic hydroxyl groups excluding tert-OH is 1. The van der Waals surface area contributed by atoms with Crippen LogP contribution in [0.15, 0.2) is 0 Å². The Morgan fingerprint density at radius 1 is 0.398 bits per heavy atom. The molecular formula is C60H117N13O10. The standard InChI is InChI=1S/C60H117N13O10/c1-16-18-19-20-21-28-35-64-57(8,9)53(80)67-42(29-22-25-32-61)48(75)65-45(36-39(3)4)51(78)72-59(12,13)55(82)69-44(31-24-27-34-63)50(77)71-60(14,15)56(83)70-46(37-40(5)6)52(79)73-58(10,11)54(81)68-43(30-23-26-33-62)49(76)66-47(38-74)41(7)17-2/h39-47,64,74H,16-38,61-63H2,1-15H3,(H,65,75)(H,66,76)(H,67,80)(H,68,81)(H,69,82)(H,70,83)(H,71,77)(H,72,78)(H,73,79)/t41?,42-,43-,44-,45-,46-,47+/m0/s1. The van der Waals surface area contributed by atoms with Gasteiger partial charge in [0.1, 0.15) is 46.8 Å².